The van der Waals surface area contributed by atoms with E-state index >= 15 is 0 Å². The molecule has 27 heavy (non-hydrogen) atoms. The van der Waals surface area contributed by atoms with Crippen molar-refractivity contribution >= 4 is 23.0 Å². The summed E-state index contributed by atoms with van der Waals surface area (Å²) in [7, 11) is 0. The Morgan fingerprint density at radius 1 is 1.00 bits per heavy atom. The number of anilines is 3. The zero-order valence-corrected chi connectivity index (χ0v) is 15.8. The van der Waals surface area contributed by atoms with Crippen LogP contribution in [0.25, 0.3) is 0 Å². The summed E-state index contributed by atoms with van der Waals surface area (Å²) in [5.41, 5.74) is 5.85. The van der Waals surface area contributed by atoms with E-state index < -0.39 is 0 Å². The lowest BCUT2D eigenvalue weighted by atomic mass is 10.1. The van der Waals surface area contributed by atoms with Gasteiger partial charge in [0, 0.05) is 30.2 Å². The van der Waals surface area contributed by atoms with Gasteiger partial charge in [-0.05, 0) is 73.7 Å². The van der Waals surface area contributed by atoms with Gasteiger partial charge in [-0.15, -0.1) is 0 Å². The maximum atomic E-state index is 12.5. The number of aryl methyl sites for hydroxylation is 2. The molecular weight excluding hydrogens is 338 g/mol. The van der Waals surface area contributed by atoms with Crippen molar-refractivity contribution in [2.24, 2.45) is 0 Å². The molecule has 1 aliphatic carbocycles. The zero-order valence-electron chi connectivity index (χ0n) is 15.8. The van der Waals surface area contributed by atoms with Crippen molar-refractivity contribution < 1.29 is 9.53 Å². The first-order valence-electron chi connectivity index (χ1n) is 9.81. The molecule has 4 rings (SSSR count). The van der Waals surface area contributed by atoms with E-state index in [1.807, 2.05) is 19.1 Å². The Kier molecular flexibility index (Phi) is 5.30. The number of hydrogen-bond acceptors (Lipinski definition) is 4. The number of benzene rings is 2. The molecule has 1 atom stereocenters. The number of nitrogens with zero attached hydrogens (tertiary/aromatic N) is 1. The van der Waals surface area contributed by atoms with Gasteiger partial charge in [0.2, 0.25) is 5.91 Å². The fraction of sp³-hybridized carbons (Fsp3) is 0.409. The summed E-state index contributed by atoms with van der Waals surface area (Å²) in [6.07, 6.45) is 3.54. The minimum absolute atomic E-state index is 0.0328. The average Bonchev–Trinajstić information content (AvgIpc) is 3.17. The highest BCUT2D eigenvalue weighted by molar-refractivity contribution is 5.96. The molecule has 5 heteroatoms. The maximum Gasteiger partial charge on any atom is 0.246 e. The number of fused-ring (bicyclic) bond motifs is 1. The first-order valence-corrected chi connectivity index (χ1v) is 9.81. The smallest absolute Gasteiger partial charge is 0.246 e. The predicted octanol–water partition coefficient (Wildman–Crippen LogP) is 3.45. The summed E-state index contributed by atoms with van der Waals surface area (Å²) in [5, 5.41) is 6.32. The highest BCUT2D eigenvalue weighted by Gasteiger charge is 2.16. The summed E-state index contributed by atoms with van der Waals surface area (Å²) in [4.78, 5) is 14.8. The van der Waals surface area contributed by atoms with E-state index in [2.05, 4.69) is 45.9 Å². The lowest BCUT2D eigenvalue weighted by Gasteiger charge is -2.29. The second kappa shape index (κ2) is 8.01. The van der Waals surface area contributed by atoms with Gasteiger partial charge in [0.05, 0.1) is 13.2 Å². The van der Waals surface area contributed by atoms with Gasteiger partial charge in [0.1, 0.15) is 6.04 Å². The first-order chi connectivity index (χ1) is 13.2. The minimum Gasteiger partial charge on any atom is -0.378 e. The summed E-state index contributed by atoms with van der Waals surface area (Å²) in [5.74, 6) is -0.0328. The number of carbonyl (C=O) groups excluding carboxylic acids is 1. The normalized spacial score (nSPS) is 17.3. The molecule has 5 nitrogen and oxygen atoms in total. The topological polar surface area (TPSA) is 53.6 Å². The molecule has 142 valence electrons. The number of ether oxygens (including phenoxy) is 1. The SMILES string of the molecule is CC(Nc1ccc2c(c1)CCC2)C(=O)Nc1ccc(N2CCOCC2)cc1. The van der Waals surface area contributed by atoms with Crippen LogP contribution in [0.2, 0.25) is 0 Å². The Morgan fingerprint density at radius 2 is 1.70 bits per heavy atom. The molecule has 1 heterocycles. The number of carbonyl (C=O) groups is 1. The molecule has 1 unspecified atom stereocenters. The van der Waals surface area contributed by atoms with Crippen LogP contribution < -0.4 is 15.5 Å². The molecule has 2 N–H and O–H groups in total. The van der Waals surface area contributed by atoms with Crippen LogP contribution in [0.3, 0.4) is 0 Å². The molecule has 1 amide bonds. The number of morpholine rings is 1. The van der Waals surface area contributed by atoms with E-state index in [1.165, 1.54) is 29.7 Å². The Labute approximate surface area is 160 Å². The summed E-state index contributed by atoms with van der Waals surface area (Å²) >= 11 is 0. The lowest BCUT2D eigenvalue weighted by molar-refractivity contribution is -0.116. The molecule has 0 spiro atoms. The molecule has 0 aromatic heterocycles. The lowest BCUT2D eigenvalue weighted by Crippen LogP contribution is -2.36. The standard InChI is InChI=1S/C22H27N3O2/c1-16(23-20-6-5-17-3-2-4-18(17)15-20)22(26)24-19-7-9-21(10-8-19)25-11-13-27-14-12-25/h5-10,15-16,23H,2-4,11-14H2,1H3,(H,24,26). The molecule has 0 radical (unpaired) electrons. The summed E-state index contributed by atoms with van der Waals surface area (Å²) in [6, 6.07) is 14.2. The van der Waals surface area contributed by atoms with Crippen molar-refractivity contribution in [1.29, 1.82) is 0 Å². The highest BCUT2D eigenvalue weighted by Crippen LogP contribution is 2.25. The first kappa shape index (κ1) is 17.9. The number of nitrogens with one attached hydrogen (secondary N) is 2. The van der Waals surface area contributed by atoms with Gasteiger partial charge in [-0.2, -0.15) is 0 Å². The molecule has 1 aliphatic heterocycles. The van der Waals surface area contributed by atoms with Crippen molar-refractivity contribution in [3.8, 4) is 0 Å². The molecule has 1 fully saturated rings. The maximum absolute atomic E-state index is 12.5. The van der Waals surface area contributed by atoms with Crippen LogP contribution in [-0.4, -0.2) is 38.3 Å². The van der Waals surface area contributed by atoms with Gasteiger partial charge in [-0.1, -0.05) is 6.07 Å². The van der Waals surface area contributed by atoms with Crippen LogP contribution in [0.5, 0.6) is 0 Å². The summed E-state index contributed by atoms with van der Waals surface area (Å²) < 4.78 is 5.39. The van der Waals surface area contributed by atoms with Crippen molar-refractivity contribution in [3.63, 3.8) is 0 Å². The minimum atomic E-state index is -0.302. The monoisotopic (exact) mass is 365 g/mol. The molecule has 2 aromatic rings. The molecule has 1 saturated heterocycles. The largest absolute Gasteiger partial charge is 0.378 e. The van der Waals surface area contributed by atoms with Crippen LogP contribution in [0.4, 0.5) is 17.1 Å². The number of rotatable bonds is 5. The number of amides is 1. The van der Waals surface area contributed by atoms with Gasteiger partial charge in [-0.25, -0.2) is 0 Å². The van der Waals surface area contributed by atoms with Gasteiger partial charge >= 0.3 is 0 Å². The zero-order chi connectivity index (χ0) is 18.6. The van der Waals surface area contributed by atoms with E-state index in [-0.39, 0.29) is 11.9 Å². The molecule has 2 aliphatic rings. The summed E-state index contributed by atoms with van der Waals surface area (Å²) in [6.45, 7) is 5.25. The molecule has 0 saturated carbocycles. The van der Waals surface area contributed by atoms with Crippen LogP contribution in [0.15, 0.2) is 42.5 Å². The van der Waals surface area contributed by atoms with Crippen molar-refractivity contribution in [1.82, 2.24) is 0 Å². The van der Waals surface area contributed by atoms with Gasteiger partial charge in [0.15, 0.2) is 0 Å². The third kappa shape index (κ3) is 4.25. The Hall–Kier alpha value is -2.53. The molecule has 2 aromatic carbocycles. The van der Waals surface area contributed by atoms with E-state index in [4.69, 9.17) is 4.74 Å². The van der Waals surface area contributed by atoms with Crippen LogP contribution >= 0.6 is 0 Å². The van der Waals surface area contributed by atoms with Crippen LogP contribution in [0, 0.1) is 0 Å². The van der Waals surface area contributed by atoms with Crippen molar-refractivity contribution in [3.05, 3.63) is 53.6 Å². The fourth-order valence-corrected chi connectivity index (χ4v) is 3.80. The van der Waals surface area contributed by atoms with E-state index in [9.17, 15) is 4.79 Å². The van der Waals surface area contributed by atoms with E-state index in [0.717, 1.165) is 44.1 Å². The fourth-order valence-electron chi connectivity index (χ4n) is 3.80. The predicted molar refractivity (Wildman–Crippen MR) is 110 cm³/mol. The number of hydrogen-bond donors (Lipinski definition) is 2. The average molecular weight is 365 g/mol. The van der Waals surface area contributed by atoms with Crippen LogP contribution in [-0.2, 0) is 22.4 Å². The van der Waals surface area contributed by atoms with Crippen LogP contribution in [0.1, 0.15) is 24.5 Å². The third-order valence-electron chi connectivity index (χ3n) is 5.39. The van der Waals surface area contributed by atoms with Gasteiger partial charge in [0.25, 0.3) is 0 Å². The Morgan fingerprint density at radius 3 is 2.48 bits per heavy atom. The molecular formula is C22H27N3O2. The van der Waals surface area contributed by atoms with Crippen molar-refractivity contribution in [2.75, 3.05) is 41.8 Å². The highest BCUT2D eigenvalue weighted by atomic mass is 16.5. The molecule has 0 bridgehead atoms. The Balaban J connectivity index is 1.34. The van der Waals surface area contributed by atoms with E-state index in [1.54, 1.807) is 0 Å². The second-order valence-electron chi connectivity index (χ2n) is 7.34. The van der Waals surface area contributed by atoms with Gasteiger partial charge in [-0.3, -0.25) is 4.79 Å². The van der Waals surface area contributed by atoms with Crippen molar-refractivity contribution in [2.45, 2.75) is 32.2 Å². The van der Waals surface area contributed by atoms with Gasteiger partial charge < -0.3 is 20.3 Å². The quantitative estimate of drug-likeness (QED) is 0.852. The second-order valence-corrected chi connectivity index (χ2v) is 7.34. The van der Waals surface area contributed by atoms with E-state index in [0.29, 0.717) is 0 Å². The Bertz CT molecular complexity index is 798. The third-order valence-corrected chi connectivity index (χ3v) is 5.39.